The quantitative estimate of drug-likeness (QED) is 0.523. The van der Waals surface area contributed by atoms with Crippen LogP contribution in [0.2, 0.25) is 0 Å². The summed E-state index contributed by atoms with van der Waals surface area (Å²) in [4.78, 5) is 38.7. The molecular weight excluding hydrogens is 462 g/mol. The Hall–Kier alpha value is -3.18. The molecule has 0 unspecified atom stereocenters. The maximum Gasteiger partial charge on any atom is 0.329 e. The van der Waals surface area contributed by atoms with Crippen molar-refractivity contribution < 1.29 is 32.0 Å². The number of nitrogens with zero attached hydrogens (tertiary/aromatic N) is 2. The van der Waals surface area contributed by atoms with Crippen molar-refractivity contribution in [1.29, 1.82) is 0 Å². The van der Waals surface area contributed by atoms with Crippen LogP contribution >= 0.6 is 0 Å². The van der Waals surface area contributed by atoms with Crippen LogP contribution in [0.25, 0.3) is 0 Å². The molecule has 0 spiro atoms. The first-order valence-electron chi connectivity index (χ1n) is 11.0. The van der Waals surface area contributed by atoms with Crippen LogP contribution < -0.4 is 5.32 Å². The molecule has 1 aliphatic rings. The fraction of sp³-hybridized carbons (Fsp3) is 0.435. The second-order valence-electron chi connectivity index (χ2n) is 8.30. The third kappa shape index (κ3) is 6.67. The van der Waals surface area contributed by atoms with Crippen molar-refractivity contribution >= 4 is 27.8 Å². The van der Waals surface area contributed by atoms with E-state index < -0.39 is 40.5 Å². The van der Waals surface area contributed by atoms with Crippen molar-refractivity contribution in [3.8, 4) is 0 Å². The average Bonchev–Trinajstić information content (AvgIpc) is 3.36. The zero-order valence-electron chi connectivity index (χ0n) is 19.2. The highest BCUT2D eigenvalue weighted by Crippen LogP contribution is 2.14. The maximum absolute atomic E-state index is 12.7. The smallest absolute Gasteiger partial charge is 0.329 e. The number of carbonyl (C=O) groups is 3. The molecule has 3 rings (SSSR count). The summed E-state index contributed by atoms with van der Waals surface area (Å²) in [6.45, 7) is 3.73. The lowest BCUT2D eigenvalue weighted by Gasteiger charge is -2.34. The predicted molar refractivity (Wildman–Crippen MR) is 123 cm³/mol. The van der Waals surface area contributed by atoms with Gasteiger partial charge < -0.3 is 19.4 Å². The first-order valence-corrected chi connectivity index (χ1v) is 12.6. The van der Waals surface area contributed by atoms with Gasteiger partial charge in [-0.05, 0) is 23.6 Å². The Bertz CT molecular complexity index is 1080. The predicted octanol–water partition coefficient (Wildman–Crippen LogP) is 1.25. The van der Waals surface area contributed by atoms with Crippen LogP contribution in [-0.4, -0.2) is 74.2 Å². The monoisotopic (exact) mass is 491 g/mol. The summed E-state index contributed by atoms with van der Waals surface area (Å²) >= 11 is 0. The Labute approximate surface area is 198 Å². The van der Waals surface area contributed by atoms with E-state index in [9.17, 15) is 22.8 Å². The number of benzene rings is 1. The molecule has 34 heavy (non-hydrogen) atoms. The molecule has 10 nitrogen and oxygen atoms in total. The van der Waals surface area contributed by atoms with Gasteiger partial charge in [0.15, 0.2) is 12.4 Å². The van der Waals surface area contributed by atoms with Crippen LogP contribution in [0.15, 0.2) is 53.1 Å². The molecule has 1 N–H and O–H groups in total. The second-order valence-corrected chi connectivity index (χ2v) is 10.3. The van der Waals surface area contributed by atoms with E-state index in [1.54, 1.807) is 44.2 Å². The molecule has 2 amide bonds. The summed E-state index contributed by atoms with van der Waals surface area (Å²) in [5, 5.41) is 2.56. The fourth-order valence-corrected chi connectivity index (χ4v) is 5.04. The lowest BCUT2D eigenvalue weighted by atomic mass is 10.0. The van der Waals surface area contributed by atoms with Gasteiger partial charge in [-0.1, -0.05) is 44.2 Å². The Kier molecular flexibility index (Phi) is 8.46. The van der Waals surface area contributed by atoms with Gasteiger partial charge >= 0.3 is 5.97 Å². The standard InChI is InChI=1S/C23H29N3O7S/c1-17(2)21(24-22(28)19-9-6-14-32-19)23(29)33-15-20(27)25-10-12-26(13-11-25)34(30,31)16-18-7-4-3-5-8-18/h3-9,14,17,21H,10-13,15-16H2,1-2H3,(H,24,28)/t21-/m0/s1. The molecule has 1 aromatic carbocycles. The molecule has 1 aliphatic heterocycles. The van der Waals surface area contributed by atoms with E-state index in [1.807, 2.05) is 6.07 Å². The van der Waals surface area contributed by atoms with Crippen molar-refractivity contribution in [2.45, 2.75) is 25.6 Å². The van der Waals surface area contributed by atoms with E-state index >= 15 is 0 Å². The average molecular weight is 492 g/mol. The van der Waals surface area contributed by atoms with Crippen LogP contribution in [0.3, 0.4) is 0 Å². The highest BCUT2D eigenvalue weighted by Gasteiger charge is 2.31. The minimum absolute atomic E-state index is 0.0645. The summed E-state index contributed by atoms with van der Waals surface area (Å²) < 4.78 is 36.9. The van der Waals surface area contributed by atoms with Crippen molar-refractivity contribution in [2.75, 3.05) is 32.8 Å². The largest absolute Gasteiger partial charge is 0.459 e. The van der Waals surface area contributed by atoms with Gasteiger partial charge in [0.05, 0.1) is 12.0 Å². The number of rotatable bonds is 9. The molecule has 11 heteroatoms. The Morgan fingerprint density at radius 3 is 2.29 bits per heavy atom. The summed E-state index contributed by atoms with van der Waals surface area (Å²) in [5.41, 5.74) is 0.701. The van der Waals surface area contributed by atoms with Crippen LogP contribution in [0.4, 0.5) is 0 Å². The Morgan fingerprint density at radius 2 is 1.71 bits per heavy atom. The minimum atomic E-state index is -3.50. The van der Waals surface area contributed by atoms with Crippen molar-refractivity contribution in [1.82, 2.24) is 14.5 Å². The minimum Gasteiger partial charge on any atom is -0.459 e. The number of nitrogens with one attached hydrogen (secondary N) is 1. The number of hydrogen-bond donors (Lipinski definition) is 1. The van der Waals surface area contributed by atoms with Crippen LogP contribution in [-0.2, 0) is 30.1 Å². The van der Waals surface area contributed by atoms with E-state index in [0.29, 0.717) is 5.56 Å². The van der Waals surface area contributed by atoms with Crippen LogP contribution in [0, 0.1) is 5.92 Å². The van der Waals surface area contributed by atoms with E-state index in [2.05, 4.69) is 5.32 Å². The first-order chi connectivity index (χ1) is 16.2. The highest BCUT2D eigenvalue weighted by atomic mass is 32.2. The van der Waals surface area contributed by atoms with Crippen LogP contribution in [0.1, 0.15) is 30.0 Å². The summed E-state index contributed by atoms with van der Waals surface area (Å²) in [5.74, 6) is -2.02. The lowest BCUT2D eigenvalue weighted by Crippen LogP contribution is -2.52. The number of piperazine rings is 1. The SMILES string of the molecule is CC(C)[C@H](NC(=O)c1ccco1)C(=O)OCC(=O)N1CCN(S(=O)(=O)Cc2ccccc2)CC1. The lowest BCUT2D eigenvalue weighted by molar-refractivity contribution is -0.154. The summed E-state index contributed by atoms with van der Waals surface area (Å²) in [6, 6.07) is 11.0. The third-order valence-corrected chi connectivity index (χ3v) is 7.32. The van der Waals surface area contributed by atoms with Gasteiger partial charge in [-0.15, -0.1) is 0 Å². The van der Waals surface area contributed by atoms with Gasteiger partial charge in [0, 0.05) is 26.2 Å². The van der Waals surface area contributed by atoms with E-state index in [1.165, 1.54) is 21.5 Å². The van der Waals surface area contributed by atoms with Gasteiger partial charge in [-0.25, -0.2) is 13.2 Å². The Morgan fingerprint density at radius 1 is 1.03 bits per heavy atom. The van der Waals surface area contributed by atoms with E-state index in [0.717, 1.165) is 0 Å². The number of esters is 1. The molecule has 2 aromatic rings. The molecule has 1 saturated heterocycles. The normalized spacial score (nSPS) is 15.7. The summed E-state index contributed by atoms with van der Waals surface area (Å²) in [7, 11) is -3.50. The molecule has 0 radical (unpaired) electrons. The fourth-order valence-electron chi connectivity index (χ4n) is 3.52. The molecule has 0 bridgehead atoms. The molecule has 0 saturated carbocycles. The number of amides is 2. The van der Waals surface area contributed by atoms with E-state index in [-0.39, 0.29) is 43.6 Å². The van der Waals surface area contributed by atoms with Crippen molar-refractivity contribution in [3.63, 3.8) is 0 Å². The molecule has 1 atom stereocenters. The molecule has 184 valence electrons. The molecular formula is C23H29N3O7S. The summed E-state index contributed by atoms with van der Waals surface area (Å²) in [6.07, 6.45) is 1.35. The van der Waals surface area contributed by atoms with Gasteiger partial charge in [-0.2, -0.15) is 4.31 Å². The number of hydrogen-bond acceptors (Lipinski definition) is 7. The van der Waals surface area contributed by atoms with Crippen molar-refractivity contribution in [2.24, 2.45) is 5.92 Å². The highest BCUT2D eigenvalue weighted by molar-refractivity contribution is 7.88. The third-order valence-electron chi connectivity index (χ3n) is 5.47. The Balaban J connectivity index is 1.47. The molecule has 2 heterocycles. The molecule has 0 aliphatic carbocycles. The first kappa shape index (κ1) is 25.4. The second kappa shape index (κ2) is 11.3. The molecule has 1 aromatic heterocycles. The van der Waals surface area contributed by atoms with Gasteiger partial charge in [0.25, 0.3) is 11.8 Å². The topological polar surface area (TPSA) is 126 Å². The zero-order valence-corrected chi connectivity index (χ0v) is 20.0. The number of ether oxygens (including phenoxy) is 1. The van der Waals surface area contributed by atoms with Gasteiger partial charge in [-0.3, -0.25) is 9.59 Å². The number of furan rings is 1. The number of sulfonamides is 1. The van der Waals surface area contributed by atoms with Crippen LogP contribution in [0.5, 0.6) is 0 Å². The van der Waals surface area contributed by atoms with Gasteiger partial charge in [0.1, 0.15) is 6.04 Å². The van der Waals surface area contributed by atoms with Crippen molar-refractivity contribution in [3.05, 3.63) is 60.1 Å². The van der Waals surface area contributed by atoms with Gasteiger partial charge in [0.2, 0.25) is 10.0 Å². The zero-order chi connectivity index (χ0) is 24.7. The maximum atomic E-state index is 12.7. The van der Waals surface area contributed by atoms with E-state index in [4.69, 9.17) is 9.15 Å². The molecule has 1 fully saturated rings. The number of carbonyl (C=O) groups excluding carboxylic acids is 3.